The molecule has 0 saturated heterocycles. The zero-order valence-corrected chi connectivity index (χ0v) is 12.9. The number of Topliss-reactive ketones (excluding diaryl/α,β-unsaturated/α-hetero) is 1. The Bertz CT molecular complexity index is 596. The number of ether oxygens (including phenoxy) is 1. The fourth-order valence-corrected chi connectivity index (χ4v) is 3.00. The summed E-state index contributed by atoms with van der Waals surface area (Å²) in [7, 11) is -1.26. The molecule has 0 aliphatic rings. The fourth-order valence-electron chi connectivity index (χ4n) is 1.14. The summed E-state index contributed by atoms with van der Waals surface area (Å²) in [5.41, 5.74) is 0.199. The number of aromatic nitrogens is 1. The van der Waals surface area contributed by atoms with Crippen molar-refractivity contribution in [3.8, 4) is 0 Å². The molecule has 0 radical (unpaired) electrons. The van der Waals surface area contributed by atoms with E-state index in [0.717, 1.165) is 15.6 Å². The molecular formula is C10H15N3O5S2. The zero-order valence-electron chi connectivity index (χ0n) is 11.2. The minimum absolute atomic E-state index is 0.0209. The Labute approximate surface area is 120 Å². The number of hydrogen-bond donors (Lipinski definition) is 1. The van der Waals surface area contributed by atoms with Crippen LogP contribution >= 0.6 is 11.3 Å². The Kier molecular flexibility index (Phi) is 5.60. The first-order valence-electron chi connectivity index (χ1n) is 5.53. The van der Waals surface area contributed by atoms with Crippen molar-refractivity contribution in [1.82, 2.24) is 9.29 Å². The van der Waals surface area contributed by atoms with Gasteiger partial charge in [-0.05, 0) is 0 Å². The average molecular weight is 321 g/mol. The highest BCUT2D eigenvalue weighted by Gasteiger charge is 2.20. The normalized spacial score (nSPS) is 11.4. The van der Waals surface area contributed by atoms with E-state index in [4.69, 9.17) is 0 Å². The van der Waals surface area contributed by atoms with Crippen LogP contribution in [0.1, 0.15) is 23.8 Å². The van der Waals surface area contributed by atoms with Crippen LogP contribution in [0.25, 0.3) is 0 Å². The molecule has 112 valence electrons. The van der Waals surface area contributed by atoms with Crippen molar-refractivity contribution in [3.05, 3.63) is 11.1 Å². The number of rotatable bonds is 7. The summed E-state index contributed by atoms with van der Waals surface area (Å²) in [5.74, 6) is -0.745. The second-order valence-electron chi connectivity index (χ2n) is 3.85. The first kappa shape index (κ1) is 16.5. The maximum atomic E-state index is 11.9. The highest BCUT2D eigenvalue weighted by atomic mass is 32.2. The number of methoxy groups -OCH3 is 1. The molecule has 0 spiro atoms. The third kappa shape index (κ3) is 4.54. The summed E-state index contributed by atoms with van der Waals surface area (Å²) in [6.45, 7) is 1.32. The van der Waals surface area contributed by atoms with Crippen molar-refractivity contribution < 1.29 is 22.7 Å². The van der Waals surface area contributed by atoms with Crippen LogP contribution in [-0.4, -0.2) is 50.2 Å². The van der Waals surface area contributed by atoms with Gasteiger partial charge >= 0.3 is 16.2 Å². The zero-order chi connectivity index (χ0) is 15.3. The van der Waals surface area contributed by atoms with Crippen molar-refractivity contribution in [2.24, 2.45) is 0 Å². The Hall–Kier alpha value is -1.52. The number of anilines is 1. The Morgan fingerprint density at radius 1 is 1.50 bits per heavy atom. The quantitative estimate of drug-likeness (QED) is 0.579. The maximum Gasteiger partial charge on any atom is 0.306 e. The van der Waals surface area contributed by atoms with Gasteiger partial charge in [-0.15, -0.1) is 11.3 Å². The van der Waals surface area contributed by atoms with Gasteiger partial charge in [-0.2, -0.15) is 12.7 Å². The van der Waals surface area contributed by atoms with Gasteiger partial charge in [-0.1, -0.05) is 0 Å². The molecule has 1 N–H and O–H groups in total. The van der Waals surface area contributed by atoms with E-state index in [1.807, 2.05) is 0 Å². The van der Waals surface area contributed by atoms with Crippen LogP contribution in [0.5, 0.6) is 0 Å². The summed E-state index contributed by atoms with van der Waals surface area (Å²) in [4.78, 5) is 25.9. The van der Waals surface area contributed by atoms with E-state index in [-0.39, 0.29) is 29.6 Å². The molecule has 1 rings (SSSR count). The van der Waals surface area contributed by atoms with Gasteiger partial charge in [0.2, 0.25) is 0 Å². The van der Waals surface area contributed by atoms with Crippen LogP contribution in [0, 0.1) is 0 Å². The smallest absolute Gasteiger partial charge is 0.306 e. The van der Waals surface area contributed by atoms with E-state index < -0.39 is 16.2 Å². The van der Waals surface area contributed by atoms with Gasteiger partial charge in [0.15, 0.2) is 10.9 Å². The molecule has 1 aromatic heterocycles. The molecule has 1 aromatic rings. The van der Waals surface area contributed by atoms with Gasteiger partial charge in [0.05, 0.1) is 13.5 Å². The lowest BCUT2D eigenvalue weighted by Crippen LogP contribution is -2.34. The van der Waals surface area contributed by atoms with Crippen LogP contribution in [-0.2, 0) is 19.7 Å². The van der Waals surface area contributed by atoms with Crippen molar-refractivity contribution >= 4 is 38.4 Å². The molecule has 0 aromatic carbocycles. The number of nitrogens with zero attached hydrogens (tertiary/aromatic N) is 2. The van der Waals surface area contributed by atoms with Crippen molar-refractivity contribution in [1.29, 1.82) is 0 Å². The lowest BCUT2D eigenvalue weighted by molar-refractivity contribution is -0.140. The number of thiazole rings is 1. The molecule has 0 aliphatic heterocycles. The molecule has 20 heavy (non-hydrogen) atoms. The minimum Gasteiger partial charge on any atom is -0.469 e. The van der Waals surface area contributed by atoms with E-state index in [0.29, 0.717) is 0 Å². The fraction of sp³-hybridized carbons (Fsp3) is 0.500. The Morgan fingerprint density at radius 2 is 2.15 bits per heavy atom. The van der Waals surface area contributed by atoms with Crippen LogP contribution in [0.3, 0.4) is 0 Å². The largest absolute Gasteiger partial charge is 0.469 e. The molecule has 0 saturated carbocycles. The molecule has 0 aliphatic carbocycles. The molecule has 1 heterocycles. The first-order chi connectivity index (χ1) is 9.26. The highest BCUT2D eigenvalue weighted by Crippen LogP contribution is 2.18. The Morgan fingerprint density at radius 3 is 2.65 bits per heavy atom. The lowest BCUT2D eigenvalue weighted by atomic mass is 10.4. The first-order valence-corrected chi connectivity index (χ1v) is 7.85. The van der Waals surface area contributed by atoms with Crippen LogP contribution in [0.4, 0.5) is 5.13 Å². The summed E-state index contributed by atoms with van der Waals surface area (Å²) in [6.07, 6.45) is -0.0511. The maximum absolute atomic E-state index is 11.9. The van der Waals surface area contributed by atoms with Gasteiger partial charge < -0.3 is 4.74 Å². The molecular weight excluding hydrogens is 306 g/mol. The predicted octanol–water partition coefficient (Wildman–Crippen LogP) is 0.497. The van der Waals surface area contributed by atoms with Gasteiger partial charge in [-0.25, -0.2) is 9.71 Å². The van der Waals surface area contributed by atoms with Crippen molar-refractivity contribution in [3.63, 3.8) is 0 Å². The summed E-state index contributed by atoms with van der Waals surface area (Å²) in [5, 5.41) is 1.56. The molecule has 8 nitrogen and oxygen atoms in total. The number of nitrogens with one attached hydrogen (secondary N) is 1. The van der Waals surface area contributed by atoms with Crippen LogP contribution in [0.2, 0.25) is 0 Å². The summed E-state index contributed by atoms with van der Waals surface area (Å²) >= 11 is 1.01. The van der Waals surface area contributed by atoms with Gasteiger partial charge in [-0.3, -0.25) is 9.59 Å². The second-order valence-corrected chi connectivity index (χ2v) is 6.48. The molecule has 0 atom stereocenters. The second kappa shape index (κ2) is 6.77. The molecule has 0 bridgehead atoms. The number of carbonyl (C=O) groups excluding carboxylic acids is 2. The molecule has 0 unspecified atom stereocenters. The third-order valence-electron chi connectivity index (χ3n) is 2.35. The van der Waals surface area contributed by atoms with Crippen molar-refractivity contribution in [2.45, 2.75) is 13.3 Å². The third-order valence-corrected chi connectivity index (χ3v) is 4.69. The van der Waals surface area contributed by atoms with Gasteiger partial charge in [0.1, 0.15) is 5.69 Å². The molecule has 0 amide bonds. The average Bonchev–Trinajstić information content (AvgIpc) is 2.83. The van der Waals surface area contributed by atoms with E-state index in [9.17, 15) is 18.0 Å². The van der Waals surface area contributed by atoms with Gasteiger partial charge in [0, 0.05) is 25.9 Å². The van der Waals surface area contributed by atoms with E-state index in [1.54, 1.807) is 0 Å². The summed E-state index contributed by atoms with van der Waals surface area (Å²) < 4.78 is 31.5. The number of esters is 1. The van der Waals surface area contributed by atoms with Crippen molar-refractivity contribution in [2.75, 3.05) is 25.4 Å². The van der Waals surface area contributed by atoms with E-state index >= 15 is 0 Å². The molecule has 0 fully saturated rings. The van der Waals surface area contributed by atoms with Crippen LogP contribution < -0.4 is 4.72 Å². The topological polar surface area (TPSA) is 106 Å². The number of ketones is 1. The van der Waals surface area contributed by atoms with Gasteiger partial charge in [0.25, 0.3) is 0 Å². The SMILES string of the molecule is COC(=O)CCN(C)S(=O)(=O)Nc1nc(C(C)=O)cs1. The standard InChI is InChI=1S/C10H15N3O5S2/c1-7(14)8-6-19-10(11-8)12-20(16,17)13(2)5-4-9(15)18-3/h6H,4-5H2,1-3H3,(H,11,12). The van der Waals surface area contributed by atoms with Crippen LogP contribution in [0.15, 0.2) is 5.38 Å². The van der Waals surface area contributed by atoms with E-state index in [2.05, 4.69) is 14.4 Å². The number of hydrogen-bond acceptors (Lipinski definition) is 7. The lowest BCUT2D eigenvalue weighted by Gasteiger charge is -2.16. The van der Waals surface area contributed by atoms with E-state index in [1.165, 1.54) is 26.5 Å². The molecule has 10 heteroatoms. The predicted molar refractivity (Wildman–Crippen MR) is 73.9 cm³/mol. The minimum atomic E-state index is -3.82. The number of carbonyl (C=O) groups is 2. The Balaban J connectivity index is 2.68. The monoisotopic (exact) mass is 321 g/mol. The highest BCUT2D eigenvalue weighted by molar-refractivity contribution is 7.90. The summed E-state index contributed by atoms with van der Waals surface area (Å²) in [6, 6.07) is 0.